The number of rotatable bonds is 5. The molecule has 2 aromatic heterocycles. The van der Waals surface area contributed by atoms with Gasteiger partial charge in [0, 0.05) is 37.5 Å². The Bertz CT molecular complexity index is 602. The van der Waals surface area contributed by atoms with Crippen molar-refractivity contribution in [3.05, 3.63) is 28.8 Å². The molecular weight excluding hydrogens is 252 g/mol. The summed E-state index contributed by atoms with van der Waals surface area (Å²) in [5.41, 5.74) is 3.44. The lowest BCUT2D eigenvalue weighted by Gasteiger charge is -2.09. The minimum atomic E-state index is 0.716. The van der Waals surface area contributed by atoms with Crippen LogP contribution in [-0.4, -0.2) is 26.3 Å². The van der Waals surface area contributed by atoms with Crippen molar-refractivity contribution in [2.75, 3.05) is 17.2 Å². The van der Waals surface area contributed by atoms with E-state index in [0.29, 0.717) is 6.54 Å². The van der Waals surface area contributed by atoms with Gasteiger partial charge >= 0.3 is 0 Å². The first kappa shape index (κ1) is 14.3. The first-order chi connectivity index (χ1) is 9.51. The Hall–Kier alpha value is -2.11. The number of anilines is 2. The molecule has 0 saturated carbocycles. The second-order valence-corrected chi connectivity index (χ2v) is 4.84. The molecule has 2 aromatic rings. The largest absolute Gasteiger partial charge is 0.370 e. The number of aromatic nitrogens is 4. The molecule has 0 fully saturated rings. The molecule has 0 amide bonds. The molecule has 20 heavy (non-hydrogen) atoms. The smallest absolute Gasteiger partial charge is 0.132 e. The minimum Gasteiger partial charge on any atom is -0.370 e. The van der Waals surface area contributed by atoms with E-state index in [9.17, 15) is 0 Å². The van der Waals surface area contributed by atoms with E-state index in [4.69, 9.17) is 0 Å². The van der Waals surface area contributed by atoms with Crippen molar-refractivity contribution in [3.63, 3.8) is 0 Å². The molecule has 0 aromatic carbocycles. The highest BCUT2D eigenvalue weighted by molar-refractivity contribution is 5.48. The lowest BCUT2D eigenvalue weighted by atomic mass is 10.2. The number of aryl methyl sites for hydroxylation is 3. The van der Waals surface area contributed by atoms with Gasteiger partial charge in [-0.25, -0.2) is 9.97 Å². The molecule has 2 N–H and O–H groups in total. The monoisotopic (exact) mass is 274 g/mol. The Kier molecular flexibility index (Phi) is 4.22. The van der Waals surface area contributed by atoms with Crippen molar-refractivity contribution < 1.29 is 0 Å². The molecule has 0 radical (unpaired) electrons. The quantitative estimate of drug-likeness (QED) is 0.874. The van der Waals surface area contributed by atoms with Crippen molar-refractivity contribution in [1.82, 2.24) is 19.7 Å². The summed E-state index contributed by atoms with van der Waals surface area (Å²) in [4.78, 5) is 8.75. The van der Waals surface area contributed by atoms with Crippen LogP contribution in [0, 0.1) is 20.8 Å². The number of hydrogen-bond donors (Lipinski definition) is 2. The zero-order chi connectivity index (χ0) is 14.7. The third-order valence-corrected chi connectivity index (χ3v) is 3.30. The molecule has 0 bridgehead atoms. The average Bonchev–Trinajstić information content (AvgIpc) is 2.61. The van der Waals surface area contributed by atoms with Gasteiger partial charge in [0.15, 0.2) is 0 Å². The molecule has 0 aliphatic rings. The minimum absolute atomic E-state index is 0.716. The van der Waals surface area contributed by atoms with Crippen LogP contribution in [0.5, 0.6) is 0 Å². The van der Waals surface area contributed by atoms with Crippen LogP contribution in [0.3, 0.4) is 0 Å². The fourth-order valence-electron chi connectivity index (χ4n) is 2.18. The molecule has 0 atom stereocenters. The predicted octanol–water partition coefficient (Wildman–Crippen LogP) is 2.18. The van der Waals surface area contributed by atoms with Crippen molar-refractivity contribution in [2.45, 2.75) is 34.2 Å². The highest BCUT2D eigenvalue weighted by atomic mass is 15.3. The summed E-state index contributed by atoms with van der Waals surface area (Å²) in [7, 11) is 1.96. The van der Waals surface area contributed by atoms with Gasteiger partial charge in [-0.1, -0.05) is 0 Å². The first-order valence-corrected chi connectivity index (χ1v) is 6.83. The molecular formula is C14H22N6. The van der Waals surface area contributed by atoms with Crippen LogP contribution in [0.25, 0.3) is 0 Å². The zero-order valence-corrected chi connectivity index (χ0v) is 12.8. The van der Waals surface area contributed by atoms with Crippen molar-refractivity contribution in [2.24, 2.45) is 7.05 Å². The Balaban J connectivity index is 2.14. The van der Waals surface area contributed by atoms with Gasteiger partial charge < -0.3 is 10.6 Å². The Morgan fingerprint density at radius 2 is 1.75 bits per heavy atom. The van der Waals surface area contributed by atoms with E-state index in [2.05, 4.69) is 32.6 Å². The molecule has 6 nitrogen and oxygen atoms in total. The number of nitrogens with one attached hydrogen (secondary N) is 2. The average molecular weight is 274 g/mol. The van der Waals surface area contributed by atoms with Crippen LogP contribution in [0.1, 0.15) is 29.7 Å². The lowest BCUT2D eigenvalue weighted by Crippen LogP contribution is -2.07. The summed E-state index contributed by atoms with van der Waals surface area (Å²) in [6.07, 6.45) is 0. The van der Waals surface area contributed by atoms with E-state index in [0.717, 1.165) is 29.7 Å². The van der Waals surface area contributed by atoms with Crippen LogP contribution in [0.4, 0.5) is 11.6 Å². The van der Waals surface area contributed by atoms with Crippen molar-refractivity contribution in [3.8, 4) is 0 Å². The second-order valence-electron chi connectivity index (χ2n) is 4.84. The maximum Gasteiger partial charge on any atom is 0.132 e. The molecule has 0 aliphatic carbocycles. The second kappa shape index (κ2) is 5.90. The Labute approximate surface area is 119 Å². The van der Waals surface area contributed by atoms with Crippen molar-refractivity contribution >= 4 is 11.6 Å². The van der Waals surface area contributed by atoms with Gasteiger partial charge in [0.1, 0.15) is 17.5 Å². The van der Waals surface area contributed by atoms with Crippen LogP contribution >= 0.6 is 0 Å². The first-order valence-electron chi connectivity index (χ1n) is 6.83. The molecule has 108 valence electrons. The van der Waals surface area contributed by atoms with E-state index < -0.39 is 0 Å². The maximum atomic E-state index is 4.42. The summed E-state index contributed by atoms with van der Waals surface area (Å²) in [5, 5.41) is 11.0. The van der Waals surface area contributed by atoms with Crippen LogP contribution in [0.2, 0.25) is 0 Å². The van der Waals surface area contributed by atoms with Gasteiger partial charge in [-0.3, -0.25) is 4.68 Å². The van der Waals surface area contributed by atoms with Crippen LogP contribution < -0.4 is 10.6 Å². The van der Waals surface area contributed by atoms with E-state index in [1.807, 2.05) is 38.6 Å². The highest BCUT2D eigenvalue weighted by Crippen LogP contribution is 2.16. The SMILES string of the molecule is CCNc1cc(NCc2c(C)nn(C)c2C)nc(C)n1. The molecule has 2 heterocycles. The standard InChI is InChI=1S/C14H22N6/c1-6-15-13-7-14(18-11(4)17-13)16-8-12-9(2)19-20(5)10(12)3/h7H,6,8H2,1-5H3,(H2,15,16,17,18). The summed E-state index contributed by atoms with van der Waals surface area (Å²) in [6, 6.07) is 1.93. The Morgan fingerprint density at radius 3 is 2.30 bits per heavy atom. The predicted molar refractivity (Wildman–Crippen MR) is 80.9 cm³/mol. The number of nitrogens with zero attached hydrogens (tertiary/aromatic N) is 4. The van der Waals surface area contributed by atoms with Gasteiger partial charge in [0.05, 0.1) is 5.69 Å². The van der Waals surface area contributed by atoms with E-state index in [1.165, 1.54) is 11.3 Å². The molecule has 0 aliphatic heterocycles. The van der Waals surface area contributed by atoms with Crippen LogP contribution in [-0.2, 0) is 13.6 Å². The normalized spacial score (nSPS) is 10.7. The van der Waals surface area contributed by atoms with Gasteiger partial charge in [0.2, 0.25) is 0 Å². The molecule has 6 heteroatoms. The van der Waals surface area contributed by atoms with E-state index >= 15 is 0 Å². The zero-order valence-electron chi connectivity index (χ0n) is 12.8. The summed E-state index contributed by atoms with van der Waals surface area (Å²) in [6.45, 7) is 9.61. The van der Waals surface area contributed by atoms with Crippen molar-refractivity contribution in [1.29, 1.82) is 0 Å². The maximum absolute atomic E-state index is 4.42. The van der Waals surface area contributed by atoms with Gasteiger partial charge in [-0.2, -0.15) is 5.10 Å². The van der Waals surface area contributed by atoms with E-state index in [-0.39, 0.29) is 0 Å². The summed E-state index contributed by atoms with van der Waals surface area (Å²) < 4.78 is 1.90. The summed E-state index contributed by atoms with van der Waals surface area (Å²) >= 11 is 0. The topological polar surface area (TPSA) is 67.7 Å². The van der Waals surface area contributed by atoms with Gasteiger partial charge in [-0.05, 0) is 27.7 Å². The lowest BCUT2D eigenvalue weighted by molar-refractivity contribution is 0.730. The van der Waals surface area contributed by atoms with Crippen LogP contribution in [0.15, 0.2) is 6.07 Å². The van der Waals surface area contributed by atoms with Gasteiger partial charge in [-0.15, -0.1) is 0 Å². The van der Waals surface area contributed by atoms with Gasteiger partial charge in [0.25, 0.3) is 0 Å². The summed E-state index contributed by atoms with van der Waals surface area (Å²) in [5.74, 6) is 2.43. The molecule has 0 saturated heterocycles. The fourth-order valence-corrected chi connectivity index (χ4v) is 2.18. The highest BCUT2D eigenvalue weighted by Gasteiger charge is 2.09. The third-order valence-electron chi connectivity index (χ3n) is 3.30. The Morgan fingerprint density at radius 1 is 1.10 bits per heavy atom. The number of hydrogen-bond acceptors (Lipinski definition) is 5. The van der Waals surface area contributed by atoms with E-state index in [1.54, 1.807) is 0 Å². The fraction of sp³-hybridized carbons (Fsp3) is 0.500. The molecule has 2 rings (SSSR count). The molecule has 0 unspecified atom stereocenters. The third kappa shape index (κ3) is 3.07. The molecule has 0 spiro atoms.